The van der Waals surface area contributed by atoms with E-state index in [1.54, 1.807) is 42.7 Å². The molecule has 7 heteroatoms. The van der Waals surface area contributed by atoms with Crippen molar-refractivity contribution in [1.82, 2.24) is 9.88 Å². The molecule has 2 rings (SSSR count). The van der Waals surface area contributed by atoms with Gasteiger partial charge in [-0.3, -0.25) is 14.6 Å². The summed E-state index contributed by atoms with van der Waals surface area (Å²) in [7, 11) is 0. The Hall–Kier alpha value is -2.37. The number of nitrogens with zero attached hydrogens (tertiary/aromatic N) is 2. The van der Waals surface area contributed by atoms with Crippen LogP contribution in [-0.4, -0.2) is 34.8 Å². The third-order valence-corrected chi connectivity index (χ3v) is 4.01. The number of rotatable bonds is 7. The van der Waals surface area contributed by atoms with Crippen molar-refractivity contribution in [2.45, 2.75) is 13.3 Å². The first-order valence-electron chi connectivity index (χ1n) is 8.11. The van der Waals surface area contributed by atoms with Gasteiger partial charge in [0.25, 0.3) is 0 Å². The molecular weight excluding hydrogens is 373 g/mol. The summed E-state index contributed by atoms with van der Waals surface area (Å²) in [6.07, 6.45) is 7.16. The molecule has 0 fully saturated rings. The zero-order chi connectivity index (χ0) is 18.9. The predicted molar refractivity (Wildman–Crippen MR) is 105 cm³/mol. The molecule has 0 unspecified atom stereocenters. The summed E-state index contributed by atoms with van der Waals surface area (Å²) < 4.78 is 0. The lowest BCUT2D eigenvalue weighted by Gasteiger charge is -2.20. The van der Waals surface area contributed by atoms with E-state index in [0.717, 1.165) is 12.0 Å². The number of hydrogen-bond donors (Lipinski definition) is 1. The molecule has 0 spiro atoms. The molecule has 0 radical (unpaired) electrons. The minimum atomic E-state index is -0.342. The Balaban J connectivity index is 2.02. The first kappa shape index (κ1) is 19.9. The van der Waals surface area contributed by atoms with Crippen LogP contribution in [0.4, 0.5) is 5.69 Å². The molecule has 0 atom stereocenters. The number of nitrogens with one attached hydrogen (secondary N) is 1. The van der Waals surface area contributed by atoms with E-state index in [0.29, 0.717) is 22.3 Å². The Morgan fingerprint density at radius 2 is 2.08 bits per heavy atom. The summed E-state index contributed by atoms with van der Waals surface area (Å²) in [5.41, 5.74) is 1.23. The molecule has 1 N–H and O–H groups in total. The van der Waals surface area contributed by atoms with Crippen LogP contribution in [0, 0.1) is 0 Å². The van der Waals surface area contributed by atoms with Crippen molar-refractivity contribution < 1.29 is 9.59 Å². The van der Waals surface area contributed by atoms with E-state index in [2.05, 4.69) is 10.3 Å². The fourth-order valence-electron chi connectivity index (χ4n) is 2.24. The lowest BCUT2D eigenvalue weighted by Crippen LogP contribution is -2.37. The van der Waals surface area contributed by atoms with Gasteiger partial charge in [-0.25, -0.2) is 0 Å². The van der Waals surface area contributed by atoms with Crippen LogP contribution in [0.3, 0.4) is 0 Å². The standard InChI is InChI=1S/C19H19Cl2N3O2/c1-2-10-24(19(26)8-5-14-4-3-9-22-12-14)13-18(25)23-17-11-15(20)6-7-16(17)21/h3-9,11-12H,2,10,13H2,1H3,(H,23,25)/b8-5+. The highest BCUT2D eigenvalue weighted by molar-refractivity contribution is 6.35. The molecule has 0 aliphatic rings. The number of anilines is 1. The molecule has 1 heterocycles. The highest BCUT2D eigenvalue weighted by atomic mass is 35.5. The summed E-state index contributed by atoms with van der Waals surface area (Å²) in [4.78, 5) is 30.2. The van der Waals surface area contributed by atoms with Gasteiger partial charge in [0.05, 0.1) is 10.7 Å². The number of hydrogen-bond acceptors (Lipinski definition) is 3. The molecule has 0 aliphatic heterocycles. The molecule has 136 valence electrons. The van der Waals surface area contributed by atoms with Crippen LogP contribution in [0.1, 0.15) is 18.9 Å². The Morgan fingerprint density at radius 1 is 1.27 bits per heavy atom. The molecule has 0 aliphatic carbocycles. The highest BCUT2D eigenvalue weighted by Gasteiger charge is 2.15. The lowest BCUT2D eigenvalue weighted by atomic mass is 10.2. The van der Waals surface area contributed by atoms with Crippen LogP contribution in [0.15, 0.2) is 48.8 Å². The Labute approximate surface area is 162 Å². The number of benzene rings is 1. The predicted octanol–water partition coefficient (Wildman–Crippen LogP) is 4.28. The Kier molecular flexibility index (Phi) is 7.63. The van der Waals surface area contributed by atoms with Gasteiger partial charge in [0.2, 0.25) is 11.8 Å². The van der Waals surface area contributed by atoms with Crippen molar-refractivity contribution in [2.24, 2.45) is 0 Å². The SMILES string of the molecule is CCCN(CC(=O)Nc1cc(Cl)ccc1Cl)C(=O)/C=C/c1cccnc1. The van der Waals surface area contributed by atoms with Gasteiger partial charge in [0.1, 0.15) is 6.54 Å². The maximum absolute atomic E-state index is 12.4. The quantitative estimate of drug-likeness (QED) is 0.716. The number of aromatic nitrogens is 1. The molecule has 2 aromatic rings. The van der Waals surface area contributed by atoms with Crippen LogP contribution in [-0.2, 0) is 9.59 Å². The van der Waals surface area contributed by atoms with Gasteiger partial charge < -0.3 is 10.2 Å². The van der Waals surface area contributed by atoms with E-state index in [1.807, 2.05) is 13.0 Å². The van der Waals surface area contributed by atoms with Crippen LogP contribution >= 0.6 is 23.2 Å². The molecule has 1 aromatic carbocycles. The second-order valence-electron chi connectivity index (χ2n) is 5.55. The highest BCUT2D eigenvalue weighted by Crippen LogP contribution is 2.25. The molecule has 26 heavy (non-hydrogen) atoms. The van der Waals surface area contributed by atoms with E-state index in [4.69, 9.17) is 23.2 Å². The molecule has 0 saturated carbocycles. The third-order valence-electron chi connectivity index (χ3n) is 3.44. The van der Waals surface area contributed by atoms with Gasteiger partial charge in [0.15, 0.2) is 0 Å². The van der Waals surface area contributed by atoms with Crippen LogP contribution < -0.4 is 5.32 Å². The van der Waals surface area contributed by atoms with Crippen LogP contribution in [0.25, 0.3) is 6.08 Å². The minimum absolute atomic E-state index is 0.0765. The van der Waals surface area contributed by atoms with Gasteiger partial charge in [-0.05, 0) is 42.3 Å². The smallest absolute Gasteiger partial charge is 0.247 e. The summed E-state index contributed by atoms with van der Waals surface area (Å²) in [5.74, 6) is -0.589. The average Bonchev–Trinajstić information content (AvgIpc) is 2.63. The van der Waals surface area contributed by atoms with Crippen molar-refractivity contribution in [3.63, 3.8) is 0 Å². The number of pyridine rings is 1. The molecule has 1 aromatic heterocycles. The second kappa shape index (κ2) is 9.94. The van der Waals surface area contributed by atoms with E-state index in [9.17, 15) is 9.59 Å². The van der Waals surface area contributed by atoms with Crippen molar-refractivity contribution in [3.8, 4) is 0 Å². The zero-order valence-electron chi connectivity index (χ0n) is 14.3. The first-order chi connectivity index (χ1) is 12.5. The second-order valence-corrected chi connectivity index (χ2v) is 6.40. The minimum Gasteiger partial charge on any atom is -0.330 e. The first-order valence-corrected chi connectivity index (χ1v) is 8.87. The fraction of sp³-hybridized carbons (Fsp3) is 0.211. The number of carbonyl (C=O) groups excluding carboxylic acids is 2. The number of amides is 2. The van der Waals surface area contributed by atoms with Crippen molar-refractivity contribution in [1.29, 1.82) is 0 Å². The number of carbonyl (C=O) groups is 2. The van der Waals surface area contributed by atoms with E-state index < -0.39 is 0 Å². The van der Waals surface area contributed by atoms with Crippen molar-refractivity contribution in [2.75, 3.05) is 18.4 Å². The number of halogens is 2. The van der Waals surface area contributed by atoms with Crippen LogP contribution in [0.2, 0.25) is 10.0 Å². The average molecular weight is 392 g/mol. The maximum Gasteiger partial charge on any atom is 0.247 e. The van der Waals surface area contributed by atoms with Gasteiger partial charge in [-0.2, -0.15) is 0 Å². The molecule has 5 nitrogen and oxygen atoms in total. The van der Waals surface area contributed by atoms with Crippen molar-refractivity contribution in [3.05, 3.63) is 64.4 Å². The Morgan fingerprint density at radius 3 is 2.77 bits per heavy atom. The van der Waals surface area contributed by atoms with Gasteiger partial charge in [-0.15, -0.1) is 0 Å². The third kappa shape index (κ3) is 6.17. The van der Waals surface area contributed by atoms with Gasteiger partial charge >= 0.3 is 0 Å². The largest absolute Gasteiger partial charge is 0.330 e. The van der Waals surface area contributed by atoms with Crippen molar-refractivity contribution >= 4 is 46.8 Å². The summed E-state index contributed by atoms with van der Waals surface area (Å²) in [6, 6.07) is 8.43. The fourth-order valence-corrected chi connectivity index (χ4v) is 2.58. The zero-order valence-corrected chi connectivity index (χ0v) is 15.8. The summed E-state index contributed by atoms with van der Waals surface area (Å²) in [5, 5.41) is 3.53. The monoisotopic (exact) mass is 391 g/mol. The van der Waals surface area contributed by atoms with Crippen LogP contribution in [0.5, 0.6) is 0 Å². The normalized spacial score (nSPS) is 10.7. The summed E-state index contributed by atoms with van der Waals surface area (Å²) in [6.45, 7) is 2.33. The maximum atomic E-state index is 12.4. The Bertz CT molecular complexity index is 795. The van der Waals surface area contributed by atoms with Gasteiger partial charge in [0, 0.05) is 30.0 Å². The lowest BCUT2D eigenvalue weighted by molar-refractivity contribution is -0.130. The van der Waals surface area contributed by atoms with E-state index >= 15 is 0 Å². The topological polar surface area (TPSA) is 62.3 Å². The molecule has 0 bridgehead atoms. The van der Waals surface area contributed by atoms with E-state index in [1.165, 1.54) is 11.0 Å². The van der Waals surface area contributed by atoms with E-state index in [-0.39, 0.29) is 18.4 Å². The molecule has 0 saturated heterocycles. The molecule has 2 amide bonds. The summed E-state index contributed by atoms with van der Waals surface area (Å²) >= 11 is 12.0. The van der Waals surface area contributed by atoms with Gasteiger partial charge in [-0.1, -0.05) is 36.2 Å². The molecular formula is C19H19Cl2N3O2.